The van der Waals surface area contributed by atoms with Crippen molar-refractivity contribution in [3.8, 4) is 16.9 Å². The fourth-order valence-corrected chi connectivity index (χ4v) is 4.77. The first kappa shape index (κ1) is 25.2. The second-order valence-electron chi connectivity index (χ2n) is 8.96. The van der Waals surface area contributed by atoms with E-state index < -0.39 is 29.7 Å². The standard InChI is InChI=1S/C26H22F5N3O2S/c1-37(35)34-21-5-3-2-4-18(21)16-8-11-22-23(12-16)33-24(32-22)20-13-19(20)15-6-9-17(10-7-15)36-14-25(27,28)26(29,30)31/h2-12,19-20,34H,13-14H2,1H3,(H,32,33). The molecule has 5 nitrogen and oxygen atoms in total. The molecule has 37 heavy (non-hydrogen) atoms. The Kier molecular flexibility index (Phi) is 6.43. The Morgan fingerprint density at radius 2 is 1.76 bits per heavy atom. The van der Waals surface area contributed by atoms with Gasteiger partial charge >= 0.3 is 12.1 Å². The summed E-state index contributed by atoms with van der Waals surface area (Å²) in [5.41, 5.74) is 5.21. The van der Waals surface area contributed by atoms with Crippen LogP contribution >= 0.6 is 0 Å². The van der Waals surface area contributed by atoms with Gasteiger partial charge in [-0.1, -0.05) is 36.4 Å². The van der Waals surface area contributed by atoms with E-state index in [9.17, 15) is 26.2 Å². The molecule has 11 heteroatoms. The number of anilines is 1. The zero-order chi connectivity index (χ0) is 26.4. The third-order valence-corrected chi connectivity index (χ3v) is 6.78. The van der Waals surface area contributed by atoms with Gasteiger partial charge in [-0.05, 0) is 53.8 Å². The number of aromatic amines is 1. The largest absolute Gasteiger partial charge is 0.487 e. The minimum Gasteiger partial charge on any atom is -0.487 e. The number of halogens is 5. The summed E-state index contributed by atoms with van der Waals surface area (Å²) in [6.07, 6.45) is -3.26. The molecule has 1 heterocycles. The van der Waals surface area contributed by atoms with Crippen molar-refractivity contribution in [2.45, 2.75) is 30.4 Å². The molecule has 1 aliphatic carbocycles. The summed E-state index contributed by atoms with van der Waals surface area (Å²) in [7, 11) is -1.21. The second kappa shape index (κ2) is 9.44. The number of benzene rings is 3. The average Bonchev–Trinajstić information content (AvgIpc) is 3.53. The molecular weight excluding hydrogens is 513 g/mol. The van der Waals surface area contributed by atoms with Crippen LogP contribution in [0.5, 0.6) is 5.75 Å². The molecule has 2 N–H and O–H groups in total. The van der Waals surface area contributed by atoms with E-state index in [0.29, 0.717) is 0 Å². The summed E-state index contributed by atoms with van der Waals surface area (Å²) >= 11 is 0. The van der Waals surface area contributed by atoms with Gasteiger partial charge in [0.2, 0.25) is 0 Å². The summed E-state index contributed by atoms with van der Waals surface area (Å²) < 4.78 is 82.4. The first-order valence-corrected chi connectivity index (χ1v) is 12.9. The van der Waals surface area contributed by atoms with Crippen molar-refractivity contribution in [2.24, 2.45) is 0 Å². The number of hydrogen-bond donors (Lipinski definition) is 2. The predicted octanol–water partition coefficient (Wildman–Crippen LogP) is 6.78. The van der Waals surface area contributed by atoms with E-state index in [4.69, 9.17) is 4.98 Å². The molecule has 3 aromatic carbocycles. The van der Waals surface area contributed by atoms with Crippen molar-refractivity contribution in [3.63, 3.8) is 0 Å². The summed E-state index contributed by atoms with van der Waals surface area (Å²) in [6.45, 7) is -1.76. The van der Waals surface area contributed by atoms with E-state index in [-0.39, 0.29) is 17.6 Å². The Morgan fingerprint density at radius 1 is 1.03 bits per heavy atom. The van der Waals surface area contributed by atoms with Crippen LogP contribution < -0.4 is 9.46 Å². The van der Waals surface area contributed by atoms with Gasteiger partial charge < -0.3 is 14.4 Å². The molecule has 5 rings (SSSR count). The van der Waals surface area contributed by atoms with E-state index in [2.05, 4.69) is 14.4 Å². The molecule has 4 aromatic rings. The van der Waals surface area contributed by atoms with Crippen LogP contribution in [-0.4, -0.2) is 39.1 Å². The smallest absolute Gasteiger partial charge is 0.456 e. The summed E-state index contributed by atoms with van der Waals surface area (Å²) in [5, 5.41) is 0. The summed E-state index contributed by atoms with van der Waals surface area (Å²) in [4.78, 5) is 8.10. The van der Waals surface area contributed by atoms with E-state index in [1.807, 2.05) is 42.5 Å². The van der Waals surface area contributed by atoms with Crippen LogP contribution in [0, 0.1) is 0 Å². The van der Waals surface area contributed by atoms with Gasteiger partial charge in [0.15, 0.2) is 6.61 Å². The average molecular weight is 536 g/mol. The quantitative estimate of drug-likeness (QED) is 0.244. The van der Waals surface area contributed by atoms with Gasteiger partial charge in [-0.3, -0.25) is 0 Å². The third-order valence-electron chi connectivity index (χ3n) is 6.28. The van der Waals surface area contributed by atoms with Gasteiger partial charge in [0, 0.05) is 17.7 Å². The van der Waals surface area contributed by atoms with Crippen LogP contribution in [-0.2, 0) is 11.0 Å². The summed E-state index contributed by atoms with van der Waals surface area (Å²) in [5.74, 6) is -3.86. The second-order valence-corrected chi connectivity index (χ2v) is 10.1. The molecule has 194 valence electrons. The van der Waals surface area contributed by atoms with Gasteiger partial charge in [-0.15, -0.1) is 0 Å². The number of aromatic nitrogens is 2. The summed E-state index contributed by atoms with van der Waals surface area (Å²) in [6, 6.07) is 19.6. The normalized spacial score (nSPS) is 18.5. The van der Waals surface area contributed by atoms with E-state index in [1.54, 1.807) is 18.4 Å². The maximum absolute atomic E-state index is 13.1. The van der Waals surface area contributed by atoms with Gasteiger partial charge in [0.1, 0.15) is 22.6 Å². The lowest BCUT2D eigenvalue weighted by Gasteiger charge is -2.19. The molecule has 0 amide bonds. The Morgan fingerprint density at radius 3 is 2.46 bits per heavy atom. The highest BCUT2D eigenvalue weighted by atomic mass is 32.2. The number of rotatable bonds is 8. The Labute approximate surface area is 211 Å². The molecule has 0 bridgehead atoms. The number of nitrogens with one attached hydrogen (secondary N) is 2. The van der Waals surface area contributed by atoms with Gasteiger partial charge in [0.05, 0.1) is 16.7 Å². The van der Waals surface area contributed by atoms with Crippen LogP contribution in [0.15, 0.2) is 66.7 Å². The molecule has 0 spiro atoms. The highest BCUT2D eigenvalue weighted by Crippen LogP contribution is 2.54. The first-order valence-electron chi connectivity index (χ1n) is 11.4. The molecule has 1 fully saturated rings. The van der Waals surface area contributed by atoms with Crippen molar-refractivity contribution in [1.29, 1.82) is 0 Å². The Balaban J connectivity index is 1.28. The van der Waals surface area contributed by atoms with Crippen LogP contribution in [0.25, 0.3) is 22.2 Å². The zero-order valence-electron chi connectivity index (χ0n) is 19.5. The number of alkyl halides is 5. The number of nitrogens with zero attached hydrogens (tertiary/aromatic N) is 1. The van der Waals surface area contributed by atoms with Crippen LogP contribution in [0.2, 0.25) is 0 Å². The lowest BCUT2D eigenvalue weighted by Crippen LogP contribution is -2.41. The maximum Gasteiger partial charge on any atom is 0.456 e. The number of fused-ring (bicyclic) bond motifs is 1. The molecule has 1 aromatic heterocycles. The third kappa shape index (κ3) is 5.31. The predicted molar refractivity (Wildman–Crippen MR) is 132 cm³/mol. The Hall–Kier alpha value is -3.47. The van der Waals surface area contributed by atoms with Crippen molar-refractivity contribution in [2.75, 3.05) is 17.6 Å². The van der Waals surface area contributed by atoms with Gasteiger partial charge in [-0.25, -0.2) is 9.19 Å². The topological polar surface area (TPSA) is 67.0 Å². The number of para-hydroxylation sites is 1. The molecule has 0 radical (unpaired) electrons. The van der Waals surface area contributed by atoms with Gasteiger partial charge in [-0.2, -0.15) is 22.0 Å². The molecule has 1 saturated carbocycles. The monoisotopic (exact) mass is 535 g/mol. The Bertz CT molecular complexity index is 1450. The van der Waals surface area contributed by atoms with E-state index in [0.717, 1.165) is 45.7 Å². The molecular formula is C26H22F5N3O2S. The first-order chi connectivity index (χ1) is 17.5. The minimum absolute atomic E-state index is 0.0529. The lowest BCUT2D eigenvalue weighted by molar-refractivity contribution is -0.290. The number of H-pyrrole nitrogens is 1. The van der Waals surface area contributed by atoms with Crippen molar-refractivity contribution in [1.82, 2.24) is 9.97 Å². The van der Waals surface area contributed by atoms with Crippen molar-refractivity contribution < 1.29 is 30.9 Å². The lowest BCUT2D eigenvalue weighted by atomic mass is 10.0. The molecule has 3 unspecified atom stereocenters. The molecule has 0 saturated heterocycles. The molecule has 0 aliphatic heterocycles. The maximum atomic E-state index is 13.1. The number of imidazole rings is 1. The van der Waals surface area contributed by atoms with Crippen LogP contribution in [0.3, 0.4) is 0 Å². The fourth-order valence-electron chi connectivity index (χ4n) is 4.28. The van der Waals surface area contributed by atoms with Crippen LogP contribution in [0.1, 0.15) is 29.6 Å². The van der Waals surface area contributed by atoms with E-state index >= 15 is 0 Å². The fraction of sp³-hybridized carbons (Fsp3) is 0.269. The number of hydrogen-bond acceptors (Lipinski definition) is 3. The van der Waals surface area contributed by atoms with Crippen LogP contribution in [0.4, 0.5) is 27.6 Å². The SMILES string of the molecule is CS(=O)Nc1ccccc1-c1ccc2nc(C3CC3c3ccc(OCC(F)(F)C(F)(F)F)cc3)[nH]c2c1. The highest BCUT2D eigenvalue weighted by molar-refractivity contribution is 7.85. The molecule has 3 atom stereocenters. The van der Waals surface area contributed by atoms with E-state index in [1.165, 1.54) is 12.1 Å². The number of ether oxygens (including phenoxy) is 1. The van der Waals surface area contributed by atoms with Gasteiger partial charge in [0.25, 0.3) is 0 Å². The van der Waals surface area contributed by atoms with Crippen molar-refractivity contribution in [3.05, 3.63) is 78.1 Å². The zero-order valence-corrected chi connectivity index (χ0v) is 20.3. The highest BCUT2D eigenvalue weighted by Gasteiger charge is 2.58. The molecule has 1 aliphatic rings. The van der Waals surface area contributed by atoms with Crippen molar-refractivity contribution >= 4 is 27.7 Å². The minimum atomic E-state index is -5.66.